The molecule has 0 aliphatic carbocycles. The van der Waals surface area contributed by atoms with Gasteiger partial charge in [-0.2, -0.15) is 0 Å². The topological polar surface area (TPSA) is 69.9 Å². The Labute approximate surface area is 186 Å². The molecule has 0 aromatic heterocycles. The number of hydrogen-bond donors (Lipinski definition) is 3. The van der Waals surface area contributed by atoms with Crippen LogP contribution < -0.4 is 29.6 Å². The molecule has 0 aromatic carbocycles. The van der Waals surface area contributed by atoms with Gasteiger partial charge in [0.15, 0.2) is 0 Å². The predicted molar refractivity (Wildman–Crippen MR) is 108 cm³/mol. The fourth-order valence-electron chi connectivity index (χ4n) is 2.51. The van der Waals surface area contributed by atoms with Gasteiger partial charge in [-0.3, -0.25) is 0 Å². The Bertz CT molecular complexity index is 193. The van der Waals surface area contributed by atoms with Crippen molar-refractivity contribution in [2.75, 3.05) is 33.0 Å². The van der Waals surface area contributed by atoms with Gasteiger partial charge in [-0.1, -0.05) is 71.1 Å². The van der Waals surface area contributed by atoms with Crippen molar-refractivity contribution >= 4 is 0 Å². The molecular weight excluding hydrogens is 339 g/mol. The molecule has 0 radical (unpaired) electrons. The monoisotopic (exact) mass is 386 g/mol. The molecule has 0 saturated heterocycles. The van der Waals surface area contributed by atoms with E-state index < -0.39 is 0 Å². The summed E-state index contributed by atoms with van der Waals surface area (Å²) in [5.74, 6) is 0. The maximum absolute atomic E-state index is 8.60. The summed E-state index contributed by atoms with van der Waals surface area (Å²) in [4.78, 5) is 0. The molecule has 0 amide bonds. The molecule has 0 aliphatic rings. The van der Waals surface area contributed by atoms with E-state index in [4.69, 9.17) is 20.1 Å². The Kier molecular flexibility index (Phi) is 40.5. The van der Waals surface area contributed by atoms with Gasteiger partial charge in [0.2, 0.25) is 0 Å². The summed E-state index contributed by atoms with van der Waals surface area (Å²) in [6, 6.07) is 0. The summed E-state index contributed by atoms with van der Waals surface area (Å²) in [7, 11) is 0. The van der Waals surface area contributed by atoms with Crippen LogP contribution in [0.1, 0.15) is 105 Å². The first-order valence-electron chi connectivity index (χ1n) is 10.7. The second-order valence-corrected chi connectivity index (χ2v) is 6.73. The van der Waals surface area contributed by atoms with Gasteiger partial charge in [0, 0.05) is 33.0 Å². The van der Waals surface area contributed by atoms with E-state index in [2.05, 4.69) is 6.92 Å². The Hall–Kier alpha value is 0.840. The first-order chi connectivity index (χ1) is 12.3. The van der Waals surface area contributed by atoms with Crippen LogP contribution in [0.25, 0.3) is 0 Å². The largest absolute Gasteiger partial charge is 1.00 e. The Morgan fingerprint density at radius 1 is 0.500 bits per heavy atom. The van der Waals surface area contributed by atoms with Crippen LogP contribution in [0.4, 0.5) is 0 Å². The maximum atomic E-state index is 8.60. The Morgan fingerprint density at radius 2 is 0.808 bits per heavy atom. The van der Waals surface area contributed by atoms with Gasteiger partial charge < -0.3 is 21.5 Å². The van der Waals surface area contributed by atoms with Crippen molar-refractivity contribution < 1.29 is 51.0 Å². The third kappa shape index (κ3) is 35.9. The summed E-state index contributed by atoms with van der Waals surface area (Å²) in [6.45, 7) is 5.06. The van der Waals surface area contributed by atoms with Crippen LogP contribution in [0.2, 0.25) is 0 Å². The summed E-state index contributed by atoms with van der Waals surface area (Å²) in [6.07, 6.45) is 17.5. The summed E-state index contributed by atoms with van der Waals surface area (Å²) < 4.78 is 5.57. The van der Waals surface area contributed by atoms with Gasteiger partial charge >= 0.3 is 29.6 Å². The van der Waals surface area contributed by atoms with Crippen LogP contribution in [0.5, 0.6) is 0 Å². The van der Waals surface area contributed by atoms with E-state index in [0.717, 1.165) is 58.2 Å². The molecule has 156 valence electrons. The van der Waals surface area contributed by atoms with E-state index in [9.17, 15) is 0 Å². The SMILES string of the molecule is CCCCCCCOCCCCCCCO.OCCCCCCCO.[H-].[Na+]. The van der Waals surface area contributed by atoms with Crippen LogP contribution in [0.3, 0.4) is 0 Å². The molecule has 3 N–H and O–H groups in total. The minimum Gasteiger partial charge on any atom is -1.00 e. The zero-order valence-electron chi connectivity index (χ0n) is 18.9. The number of ether oxygens (including phenoxy) is 1. The zero-order chi connectivity index (χ0) is 18.8. The molecule has 4 nitrogen and oxygen atoms in total. The third-order valence-corrected chi connectivity index (χ3v) is 4.16. The normalized spacial score (nSPS) is 10.2. The van der Waals surface area contributed by atoms with E-state index in [1.54, 1.807) is 0 Å². The molecule has 0 aromatic rings. The summed E-state index contributed by atoms with van der Waals surface area (Å²) >= 11 is 0. The molecule has 0 fully saturated rings. The van der Waals surface area contributed by atoms with Gasteiger partial charge in [-0.15, -0.1) is 0 Å². The van der Waals surface area contributed by atoms with Crippen LogP contribution in [0, 0.1) is 0 Å². The van der Waals surface area contributed by atoms with Crippen molar-refractivity contribution in [2.45, 2.75) is 103 Å². The van der Waals surface area contributed by atoms with E-state index >= 15 is 0 Å². The number of aliphatic hydroxyl groups excluding tert-OH is 3. The quantitative estimate of drug-likeness (QED) is 0.234. The second kappa shape index (κ2) is 33.4. The van der Waals surface area contributed by atoms with Crippen molar-refractivity contribution in [3.63, 3.8) is 0 Å². The predicted octanol–water partition coefficient (Wildman–Crippen LogP) is 1.95. The minimum absolute atomic E-state index is 0. The van der Waals surface area contributed by atoms with Gasteiger partial charge in [0.05, 0.1) is 0 Å². The smallest absolute Gasteiger partial charge is 1.00 e. The molecule has 0 saturated carbocycles. The number of aliphatic hydroxyl groups is 3. The molecule has 26 heavy (non-hydrogen) atoms. The van der Waals surface area contributed by atoms with E-state index in [-0.39, 0.29) is 31.0 Å². The average molecular weight is 387 g/mol. The molecule has 0 spiro atoms. The Morgan fingerprint density at radius 3 is 1.15 bits per heavy atom. The number of rotatable bonds is 19. The first kappa shape index (κ1) is 31.5. The maximum Gasteiger partial charge on any atom is 1.00 e. The molecule has 5 heteroatoms. The molecule has 0 bridgehead atoms. The van der Waals surface area contributed by atoms with Crippen molar-refractivity contribution in [1.82, 2.24) is 0 Å². The fourth-order valence-corrected chi connectivity index (χ4v) is 2.51. The fraction of sp³-hybridized carbons (Fsp3) is 1.00. The van der Waals surface area contributed by atoms with Gasteiger partial charge in [0.1, 0.15) is 0 Å². The van der Waals surface area contributed by atoms with Gasteiger partial charge in [-0.05, 0) is 32.1 Å². The Balaban J connectivity index is -0.000000208. The molecule has 0 atom stereocenters. The first-order valence-corrected chi connectivity index (χ1v) is 10.7. The van der Waals surface area contributed by atoms with E-state index in [1.807, 2.05) is 0 Å². The number of hydrogen-bond acceptors (Lipinski definition) is 4. The van der Waals surface area contributed by atoms with Gasteiger partial charge in [-0.25, -0.2) is 0 Å². The van der Waals surface area contributed by atoms with Crippen molar-refractivity contribution in [2.24, 2.45) is 0 Å². The molecule has 0 heterocycles. The standard InChI is InChI=1S/C14H30O2.C7H16O2.Na.H/c1-2-3-4-7-10-13-16-14-11-8-5-6-9-12-15;8-6-4-2-1-3-5-7-9;;/h15H,2-14H2,1H3;8-9H,1-7H2;;/q;;+1;-1. The van der Waals surface area contributed by atoms with Crippen molar-refractivity contribution in [1.29, 1.82) is 0 Å². The van der Waals surface area contributed by atoms with Crippen LogP contribution in [-0.2, 0) is 4.74 Å². The van der Waals surface area contributed by atoms with E-state index in [1.165, 1.54) is 51.4 Å². The third-order valence-electron chi connectivity index (χ3n) is 4.16. The zero-order valence-corrected chi connectivity index (χ0v) is 19.9. The summed E-state index contributed by atoms with van der Waals surface area (Å²) in [5, 5.41) is 25.3. The van der Waals surface area contributed by atoms with Crippen LogP contribution in [0.15, 0.2) is 0 Å². The van der Waals surface area contributed by atoms with Crippen LogP contribution >= 0.6 is 0 Å². The van der Waals surface area contributed by atoms with Gasteiger partial charge in [0.25, 0.3) is 0 Å². The minimum atomic E-state index is 0. The van der Waals surface area contributed by atoms with Crippen molar-refractivity contribution in [3.05, 3.63) is 0 Å². The average Bonchev–Trinajstić information content (AvgIpc) is 2.63. The summed E-state index contributed by atoms with van der Waals surface area (Å²) in [5.41, 5.74) is 0. The van der Waals surface area contributed by atoms with Crippen LogP contribution in [-0.4, -0.2) is 48.4 Å². The molecular formula is C21H47NaO4. The molecule has 0 unspecified atom stereocenters. The van der Waals surface area contributed by atoms with E-state index in [0.29, 0.717) is 19.8 Å². The molecule has 0 rings (SSSR count). The second-order valence-electron chi connectivity index (χ2n) is 6.73. The van der Waals surface area contributed by atoms with Crippen molar-refractivity contribution in [3.8, 4) is 0 Å². The number of unbranched alkanes of at least 4 members (excludes halogenated alkanes) is 12. The molecule has 0 aliphatic heterocycles.